The van der Waals surface area contributed by atoms with Crippen molar-refractivity contribution in [2.45, 2.75) is 78.6 Å². The Hall–Kier alpha value is -3.29. The van der Waals surface area contributed by atoms with E-state index in [0.29, 0.717) is 29.1 Å². The van der Waals surface area contributed by atoms with Gasteiger partial charge in [0.2, 0.25) is 0 Å². The van der Waals surface area contributed by atoms with E-state index in [1.807, 2.05) is 62.1 Å². The number of amides is 1. The lowest BCUT2D eigenvalue weighted by molar-refractivity contribution is 0.0781. The molecule has 1 saturated carbocycles. The molecule has 0 radical (unpaired) electrons. The first kappa shape index (κ1) is 27.3. The van der Waals surface area contributed by atoms with Crippen LogP contribution in [0.5, 0.6) is 0 Å². The van der Waals surface area contributed by atoms with Crippen LogP contribution in [-0.2, 0) is 19.6 Å². The van der Waals surface area contributed by atoms with Gasteiger partial charge in [0.05, 0.1) is 11.7 Å². The van der Waals surface area contributed by atoms with Crippen LogP contribution in [0.15, 0.2) is 42.6 Å². The molecule has 0 unspecified atom stereocenters. The van der Waals surface area contributed by atoms with Gasteiger partial charge in [-0.1, -0.05) is 42.5 Å². The number of halogens is 1. The highest BCUT2D eigenvalue weighted by atomic mass is 35.5. The number of carbonyl (C=O) groups excluding carboxylic acids is 1. The number of fused-ring (bicyclic) bond motifs is 1. The van der Waals surface area contributed by atoms with Gasteiger partial charge in [-0.05, 0) is 69.5 Å². The number of aryl methyl sites for hydroxylation is 2. The Morgan fingerprint density at radius 3 is 2.64 bits per heavy atom. The van der Waals surface area contributed by atoms with Crippen LogP contribution in [-0.4, -0.2) is 43.6 Å². The van der Waals surface area contributed by atoms with E-state index in [-0.39, 0.29) is 5.91 Å². The van der Waals surface area contributed by atoms with Crippen LogP contribution in [0.3, 0.4) is 0 Å². The van der Waals surface area contributed by atoms with Gasteiger partial charge in [0.15, 0.2) is 5.82 Å². The molecule has 39 heavy (non-hydrogen) atoms. The standard InChI is InChI=1S/C31H37ClN6O/c1-5-38-21(3)24(18-34-38)19-37(4)31(39)29-27-13-20(2)11-12-28(27)35-30(36-29)23-14-22(15-25(32)16-23)17-33-26-9-7-6-8-10-26/h11-16,18,26,33H,5-10,17,19H2,1-4H3. The highest BCUT2D eigenvalue weighted by molar-refractivity contribution is 6.31. The van der Waals surface area contributed by atoms with Crippen molar-refractivity contribution in [2.24, 2.45) is 0 Å². The van der Waals surface area contributed by atoms with Gasteiger partial charge in [-0.2, -0.15) is 5.10 Å². The molecule has 2 aromatic heterocycles. The van der Waals surface area contributed by atoms with Gasteiger partial charge in [-0.3, -0.25) is 9.48 Å². The normalized spacial score (nSPS) is 14.2. The molecule has 4 aromatic rings. The van der Waals surface area contributed by atoms with Crippen LogP contribution in [0.1, 0.15) is 71.9 Å². The van der Waals surface area contributed by atoms with E-state index in [0.717, 1.165) is 51.9 Å². The van der Waals surface area contributed by atoms with Gasteiger partial charge in [-0.25, -0.2) is 9.97 Å². The number of nitrogens with one attached hydrogen (secondary N) is 1. The highest BCUT2D eigenvalue weighted by Gasteiger charge is 2.21. The number of nitrogens with zero attached hydrogens (tertiary/aromatic N) is 5. The summed E-state index contributed by atoms with van der Waals surface area (Å²) in [5.41, 5.74) is 6.16. The summed E-state index contributed by atoms with van der Waals surface area (Å²) >= 11 is 6.57. The Kier molecular flexibility index (Phi) is 8.29. The Morgan fingerprint density at radius 2 is 1.90 bits per heavy atom. The minimum atomic E-state index is -0.154. The third-order valence-electron chi connectivity index (χ3n) is 7.73. The highest BCUT2D eigenvalue weighted by Crippen LogP contribution is 2.28. The van der Waals surface area contributed by atoms with E-state index in [9.17, 15) is 4.79 Å². The molecule has 1 N–H and O–H groups in total. The van der Waals surface area contributed by atoms with Crippen LogP contribution in [0.2, 0.25) is 5.02 Å². The second-order valence-corrected chi connectivity index (χ2v) is 11.1. The molecule has 7 nitrogen and oxygen atoms in total. The zero-order valence-corrected chi connectivity index (χ0v) is 24.1. The summed E-state index contributed by atoms with van der Waals surface area (Å²) in [6.07, 6.45) is 8.18. The van der Waals surface area contributed by atoms with Crippen molar-refractivity contribution < 1.29 is 4.79 Å². The quantitative estimate of drug-likeness (QED) is 0.275. The summed E-state index contributed by atoms with van der Waals surface area (Å²) in [5, 5.41) is 9.50. The minimum absolute atomic E-state index is 0.154. The number of carbonyl (C=O) groups is 1. The maximum absolute atomic E-state index is 13.8. The average Bonchev–Trinajstić information content (AvgIpc) is 3.29. The van der Waals surface area contributed by atoms with Crippen molar-refractivity contribution in [3.63, 3.8) is 0 Å². The summed E-state index contributed by atoms with van der Waals surface area (Å²) in [5.74, 6) is 0.346. The van der Waals surface area contributed by atoms with Gasteiger partial charge in [0, 0.05) is 60.0 Å². The third-order valence-corrected chi connectivity index (χ3v) is 7.95. The van der Waals surface area contributed by atoms with Crippen LogP contribution >= 0.6 is 11.6 Å². The predicted octanol–water partition coefficient (Wildman–Crippen LogP) is 6.48. The van der Waals surface area contributed by atoms with Crippen LogP contribution in [0.25, 0.3) is 22.3 Å². The van der Waals surface area contributed by atoms with Crippen LogP contribution in [0.4, 0.5) is 0 Å². The molecular formula is C31H37ClN6O. The van der Waals surface area contributed by atoms with Crippen molar-refractivity contribution in [1.82, 2.24) is 30.0 Å². The summed E-state index contributed by atoms with van der Waals surface area (Å²) in [6, 6.07) is 12.4. The lowest BCUT2D eigenvalue weighted by Crippen LogP contribution is -2.30. The van der Waals surface area contributed by atoms with Crippen LogP contribution < -0.4 is 5.32 Å². The molecule has 2 aromatic carbocycles. The predicted molar refractivity (Wildman–Crippen MR) is 157 cm³/mol. The van der Waals surface area contributed by atoms with E-state index in [1.54, 1.807) is 4.90 Å². The maximum Gasteiger partial charge on any atom is 0.273 e. The van der Waals surface area contributed by atoms with E-state index in [4.69, 9.17) is 21.6 Å². The van der Waals surface area contributed by atoms with E-state index in [1.165, 1.54) is 32.1 Å². The Balaban J connectivity index is 1.48. The van der Waals surface area contributed by atoms with Gasteiger partial charge in [0.25, 0.3) is 5.91 Å². The largest absolute Gasteiger partial charge is 0.336 e. The Labute approximate surface area is 235 Å². The van der Waals surface area contributed by atoms with Gasteiger partial charge in [0.1, 0.15) is 5.69 Å². The van der Waals surface area contributed by atoms with E-state index < -0.39 is 0 Å². The second-order valence-electron chi connectivity index (χ2n) is 10.7. The first-order chi connectivity index (χ1) is 18.8. The van der Waals surface area contributed by atoms with Crippen molar-refractivity contribution >= 4 is 28.4 Å². The number of rotatable bonds is 8. The SMILES string of the molecule is CCn1ncc(CN(C)C(=O)c2nc(-c3cc(Cl)cc(CNC4CCCCC4)c3)nc3ccc(C)cc23)c1C. The van der Waals surface area contributed by atoms with Gasteiger partial charge in [-0.15, -0.1) is 0 Å². The molecule has 1 fully saturated rings. The minimum Gasteiger partial charge on any atom is -0.336 e. The zero-order valence-electron chi connectivity index (χ0n) is 23.3. The summed E-state index contributed by atoms with van der Waals surface area (Å²) in [6.45, 7) is 8.08. The maximum atomic E-state index is 13.8. The number of aromatic nitrogens is 4. The smallest absolute Gasteiger partial charge is 0.273 e. The Bertz CT molecular complexity index is 1490. The molecule has 1 amide bonds. The number of benzene rings is 2. The first-order valence-corrected chi connectivity index (χ1v) is 14.3. The van der Waals surface area contributed by atoms with E-state index >= 15 is 0 Å². The topological polar surface area (TPSA) is 75.9 Å². The lowest BCUT2D eigenvalue weighted by atomic mass is 9.95. The molecule has 1 aliphatic carbocycles. The van der Waals surface area contributed by atoms with E-state index in [2.05, 4.69) is 23.4 Å². The number of hydrogen-bond acceptors (Lipinski definition) is 5. The summed E-state index contributed by atoms with van der Waals surface area (Å²) in [7, 11) is 1.81. The van der Waals surface area contributed by atoms with Crippen molar-refractivity contribution in [3.05, 3.63) is 75.7 Å². The van der Waals surface area contributed by atoms with Gasteiger partial charge >= 0.3 is 0 Å². The fourth-order valence-corrected chi connectivity index (χ4v) is 5.71. The molecule has 0 spiro atoms. The molecule has 5 rings (SSSR count). The molecule has 0 atom stereocenters. The summed E-state index contributed by atoms with van der Waals surface area (Å²) < 4.78 is 1.94. The lowest BCUT2D eigenvalue weighted by Gasteiger charge is -2.23. The zero-order chi connectivity index (χ0) is 27.5. The molecule has 1 aliphatic rings. The van der Waals surface area contributed by atoms with Crippen molar-refractivity contribution in [1.29, 1.82) is 0 Å². The molecule has 2 heterocycles. The Morgan fingerprint density at radius 1 is 1.10 bits per heavy atom. The average molecular weight is 545 g/mol. The second kappa shape index (κ2) is 11.8. The molecule has 8 heteroatoms. The molecular weight excluding hydrogens is 508 g/mol. The number of hydrogen-bond donors (Lipinski definition) is 1. The summed E-state index contributed by atoms with van der Waals surface area (Å²) in [4.78, 5) is 25.2. The molecule has 0 saturated heterocycles. The van der Waals surface area contributed by atoms with Crippen molar-refractivity contribution in [3.8, 4) is 11.4 Å². The van der Waals surface area contributed by atoms with Crippen molar-refractivity contribution in [2.75, 3.05) is 7.05 Å². The third kappa shape index (κ3) is 6.15. The molecule has 204 valence electrons. The fraction of sp³-hybridized carbons (Fsp3) is 0.419. The molecule has 0 aliphatic heterocycles. The first-order valence-electron chi connectivity index (χ1n) is 13.9. The van der Waals surface area contributed by atoms with Crippen LogP contribution in [0, 0.1) is 13.8 Å². The molecule has 0 bridgehead atoms. The monoisotopic (exact) mass is 544 g/mol. The fourth-order valence-electron chi connectivity index (χ4n) is 5.45. The van der Waals surface area contributed by atoms with Gasteiger partial charge < -0.3 is 10.2 Å².